The first-order valence-corrected chi connectivity index (χ1v) is 10.8. The number of rotatable bonds is 6. The third-order valence-electron chi connectivity index (χ3n) is 5.38. The number of fused-ring (bicyclic) bond motifs is 1. The van der Waals surface area contributed by atoms with Gasteiger partial charge in [0.15, 0.2) is 5.82 Å². The number of aryl methyl sites for hydroxylation is 1. The fraction of sp³-hybridized carbons (Fsp3) is 0.192. The Kier molecular flexibility index (Phi) is 6.15. The number of anilines is 1. The molecule has 0 aliphatic carbocycles. The Hall–Kier alpha value is -3.35. The highest BCUT2D eigenvalue weighted by Crippen LogP contribution is 2.35. The van der Waals surface area contributed by atoms with Crippen LogP contribution in [-0.4, -0.2) is 20.1 Å². The van der Waals surface area contributed by atoms with Crippen molar-refractivity contribution in [1.29, 1.82) is 0 Å². The van der Waals surface area contributed by atoms with Crippen molar-refractivity contribution in [1.82, 2.24) is 15.0 Å². The molecule has 2 aromatic carbocycles. The molecule has 0 amide bonds. The SMILES string of the molecule is C=Cc1ccc(F)c(CNc2c(Cl)c(C)nc3ccc(-c4cnc(C(C)(C)O)nc4)cc23)c1. The van der Waals surface area contributed by atoms with Gasteiger partial charge in [-0.3, -0.25) is 4.98 Å². The van der Waals surface area contributed by atoms with Crippen molar-refractivity contribution in [3.63, 3.8) is 0 Å². The maximum Gasteiger partial charge on any atom is 0.159 e. The summed E-state index contributed by atoms with van der Waals surface area (Å²) in [6, 6.07) is 10.7. The first-order chi connectivity index (χ1) is 15.7. The molecule has 7 heteroatoms. The fourth-order valence-electron chi connectivity index (χ4n) is 3.55. The summed E-state index contributed by atoms with van der Waals surface area (Å²) >= 11 is 6.62. The third-order valence-corrected chi connectivity index (χ3v) is 5.85. The van der Waals surface area contributed by atoms with Crippen LogP contribution in [0.15, 0.2) is 55.4 Å². The van der Waals surface area contributed by atoms with Gasteiger partial charge in [-0.25, -0.2) is 14.4 Å². The molecule has 0 bridgehead atoms. The summed E-state index contributed by atoms with van der Waals surface area (Å²) in [5.41, 5.74) is 4.01. The zero-order valence-corrected chi connectivity index (χ0v) is 19.4. The topological polar surface area (TPSA) is 70.9 Å². The fourth-order valence-corrected chi connectivity index (χ4v) is 3.76. The summed E-state index contributed by atoms with van der Waals surface area (Å²) in [7, 11) is 0. The number of benzene rings is 2. The van der Waals surface area contributed by atoms with E-state index in [4.69, 9.17) is 11.6 Å². The molecule has 0 fully saturated rings. The number of pyridine rings is 1. The van der Waals surface area contributed by atoms with Crippen molar-refractivity contribution < 1.29 is 9.50 Å². The van der Waals surface area contributed by atoms with Gasteiger partial charge in [0, 0.05) is 35.5 Å². The van der Waals surface area contributed by atoms with E-state index < -0.39 is 5.60 Å². The van der Waals surface area contributed by atoms with Crippen LogP contribution in [0.3, 0.4) is 0 Å². The van der Waals surface area contributed by atoms with Crippen LogP contribution in [0.1, 0.15) is 36.5 Å². The molecular weight excluding hydrogens is 439 g/mol. The van der Waals surface area contributed by atoms with Crippen LogP contribution in [0.4, 0.5) is 10.1 Å². The molecule has 0 atom stereocenters. The summed E-state index contributed by atoms with van der Waals surface area (Å²) in [6.07, 6.45) is 5.03. The van der Waals surface area contributed by atoms with E-state index in [0.29, 0.717) is 27.8 Å². The molecule has 0 aliphatic heterocycles. The van der Waals surface area contributed by atoms with Crippen LogP contribution in [0.25, 0.3) is 28.1 Å². The average molecular weight is 463 g/mol. The second kappa shape index (κ2) is 8.89. The molecule has 4 rings (SSSR count). The van der Waals surface area contributed by atoms with Gasteiger partial charge in [-0.1, -0.05) is 36.4 Å². The number of nitrogens with zero attached hydrogens (tertiary/aromatic N) is 3. The first kappa shape index (κ1) is 22.8. The van der Waals surface area contributed by atoms with E-state index in [-0.39, 0.29) is 12.4 Å². The second-order valence-corrected chi connectivity index (χ2v) is 8.76. The van der Waals surface area contributed by atoms with Crippen LogP contribution < -0.4 is 5.32 Å². The molecule has 0 spiro atoms. The zero-order chi connectivity index (χ0) is 23.8. The highest BCUT2D eigenvalue weighted by Gasteiger charge is 2.19. The molecule has 0 unspecified atom stereocenters. The van der Waals surface area contributed by atoms with Crippen LogP contribution in [-0.2, 0) is 12.1 Å². The van der Waals surface area contributed by atoms with Gasteiger partial charge in [0.25, 0.3) is 0 Å². The van der Waals surface area contributed by atoms with Gasteiger partial charge in [0.05, 0.1) is 21.9 Å². The Morgan fingerprint density at radius 1 is 1.12 bits per heavy atom. The molecule has 2 N–H and O–H groups in total. The third kappa shape index (κ3) is 4.72. The van der Waals surface area contributed by atoms with Crippen molar-refractivity contribution in [2.24, 2.45) is 0 Å². The highest BCUT2D eigenvalue weighted by atomic mass is 35.5. The van der Waals surface area contributed by atoms with Gasteiger partial charge < -0.3 is 10.4 Å². The lowest BCUT2D eigenvalue weighted by Gasteiger charge is -2.16. The van der Waals surface area contributed by atoms with Crippen molar-refractivity contribution in [2.45, 2.75) is 32.9 Å². The number of aliphatic hydroxyl groups is 1. The molecule has 0 radical (unpaired) electrons. The van der Waals surface area contributed by atoms with Crippen LogP contribution in [0, 0.1) is 12.7 Å². The van der Waals surface area contributed by atoms with E-state index in [1.54, 1.807) is 44.4 Å². The summed E-state index contributed by atoms with van der Waals surface area (Å²) < 4.78 is 14.4. The summed E-state index contributed by atoms with van der Waals surface area (Å²) in [6.45, 7) is 9.11. The van der Waals surface area contributed by atoms with Crippen molar-refractivity contribution >= 4 is 34.3 Å². The number of halogens is 2. The van der Waals surface area contributed by atoms with Gasteiger partial charge in [-0.15, -0.1) is 0 Å². The van der Waals surface area contributed by atoms with Gasteiger partial charge >= 0.3 is 0 Å². The van der Waals surface area contributed by atoms with E-state index in [0.717, 1.165) is 27.6 Å². The number of aromatic nitrogens is 3. The Balaban J connectivity index is 1.74. The lowest BCUT2D eigenvalue weighted by Crippen LogP contribution is -2.19. The first-order valence-electron chi connectivity index (χ1n) is 10.5. The predicted molar refractivity (Wildman–Crippen MR) is 132 cm³/mol. The zero-order valence-electron chi connectivity index (χ0n) is 18.7. The van der Waals surface area contributed by atoms with Gasteiger partial charge in [0.2, 0.25) is 0 Å². The monoisotopic (exact) mass is 462 g/mol. The molecule has 0 saturated carbocycles. The van der Waals surface area contributed by atoms with Crippen LogP contribution in [0.5, 0.6) is 0 Å². The quantitative estimate of drug-likeness (QED) is 0.353. The minimum absolute atomic E-state index is 0.249. The maximum atomic E-state index is 14.4. The molecule has 0 saturated heterocycles. The van der Waals surface area contributed by atoms with Crippen molar-refractivity contribution in [3.05, 3.63) is 88.9 Å². The average Bonchev–Trinajstić information content (AvgIpc) is 2.79. The van der Waals surface area contributed by atoms with Gasteiger partial charge in [-0.05, 0) is 56.2 Å². The summed E-state index contributed by atoms with van der Waals surface area (Å²) in [5, 5.41) is 14.7. The Morgan fingerprint density at radius 2 is 1.85 bits per heavy atom. The molecular formula is C26H24ClFN4O. The summed E-state index contributed by atoms with van der Waals surface area (Å²) in [4.78, 5) is 13.2. The normalized spacial score (nSPS) is 11.6. The van der Waals surface area contributed by atoms with Crippen LogP contribution >= 0.6 is 11.6 Å². The molecule has 5 nitrogen and oxygen atoms in total. The van der Waals surface area contributed by atoms with Gasteiger partial charge in [-0.2, -0.15) is 0 Å². The molecule has 33 heavy (non-hydrogen) atoms. The molecule has 0 aliphatic rings. The van der Waals surface area contributed by atoms with E-state index in [2.05, 4.69) is 26.8 Å². The van der Waals surface area contributed by atoms with Crippen LogP contribution in [0.2, 0.25) is 5.02 Å². The molecule has 2 heterocycles. The van der Waals surface area contributed by atoms with E-state index in [1.807, 2.05) is 25.1 Å². The van der Waals surface area contributed by atoms with E-state index in [1.165, 1.54) is 6.07 Å². The summed E-state index contributed by atoms with van der Waals surface area (Å²) in [5.74, 6) is 0.0440. The second-order valence-electron chi connectivity index (χ2n) is 8.38. The number of nitrogens with one attached hydrogen (secondary N) is 1. The lowest BCUT2D eigenvalue weighted by atomic mass is 10.0. The maximum absolute atomic E-state index is 14.4. The van der Waals surface area contributed by atoms with E-state index in [9.17, 15) is 9.50 Å². The van der Waals surface area contributed by atoms with Gasteiger partial charge in [0.1, 0.15) is 11.4 Å². The Bertz CT molecular complexity index is 1350. The standard InChI is InChI=1S/C26H24ClFN4O/c1-5-16-6-8-21(28)18(10-16)12-29-24-20-11-17(7-9-22(20)32-15(2)23(24)27)19-13-30-25(31-14-19)26(3,4)33/h5-11,13-14,33H,1,12H2,2-4H3,(H,29,32). The smallest absolute Gasteiger partial charge is 0.159 e. The van der Waals surface area contributed by atoms with Crippen molar-refractivity contribution in [3.8, 4) is 11.1 Å². The Morgan fingerprint density at radius 3 is 2.52 bits per heavy atom. The number of hydrogen-bond donors (Lipinski definition) is 2. The lowest BCUT2D eigenvalue weighted by molar-refractivity contribution is 0.0687. The number of hydrogen-bond acceptors (Lipinski definition) is 5. The highest BCUT2D eigenvalue weighted by molar-refractivity contribution is 6.35. The minimum atomic E-state index is -1.12. The van der Waals surface area contributed by atoms with Crippen molar-refractivity contribution in [2.75, 3.05) is 5.32 Å². The predicted octanol–water partition coefficient (Wildman–Crippen LogP) is 6.28. The van der Waals surface area contributed by atoms with E-state index >= 15 is 0 Å². The Labute approximate surface area is 197 Å². The molecule has 168 valence electrons. The largest absolute Gasteiger partial charge is 0.382 e. The molecule has 2 aromatic heterocycles. The molecule has 4 aromatic rings. The minimum Gasteiger partial charge on any atom is -0.382 e.